The summed E-state index contributed by atoms with van der Waals surface area (Å²) in [5.74, 6) is 1.71. The Morgan fingerprint density at radius 3 is 2.60 bits per heavy atom. The summed E-state index contributed by atoms with van der Waals surface area (Å²) >= 11 is 0. The van der Waals surface area contributed by atoms with E-state index in [0.717, 1.165) is 25.7 Å². The number of carbonyl (C=O) groups excluding carboxylic acids is 1. The second-order valence-electron chi connectivity index (χ2n) is 7.09. The average Bonchev–Trinajstić information content (AvgIpc) is 3.10. The van der Waals surface area contributed by atoms with Crippen LogP contribution < -0.4 is 30.2 Å². The molecule has 0 bridgehead atoms. The summed E-state index contributed by atoms with van der Waals surface area (Å²) in [4.78, 5) is 16.3. The summed E-state index contributed by atoms with van der Waals surface area (Å²) in [5, 5.41) is 9.23. The summed E-state index contributed by atoms with van der Waals surface area (Å²) in [5.41, 5.74) is 0.463. The largest absolute Gasteiger partial charge is 0.454 e. The van der Waals surface area contributed by atoms with Gasteiger partial charge in [-0.3, -0.25) is 4.79 Å². The normalized spacial score (nSPS) is 15.7. The van der Waals surface area contributed by atoms with E-state index in [1.807, 2.05) is 6.92 Å². The number of halogens is 2. The van der Waals surface area contributed by atoms with Gasteiger partial charge in [0.2, 0.25) is 12.7 Å². The summed E-state index contributed by atoms with van der Waals surface area (Å²) in [6.45, 7) is 0.987. The third-order valence-electron chi connectivity index (χ3n) is 4.94. The number of fused-ring (bicyclic) bond motifs is 1. The topological polar surface area (TPSA) is 93.2 Å². The number of benzene rings is 1. The summed E-state index contributed by atoms with van der Waals surface area (Å²) in [6, 6.07) is 2.99. The maximum absolute atomic E-state index is 12.8. The number of carbonyl (C=O) groups is 1. The lowest BCUT2D eigenvalue weighted by molar-refractivity contribution is -0.127. The van der Waals surface area contributed by atoms with Crippen molar-refractivity contribution in [1.29, 1.82) is 0 Å². The lowest BCUT2D eigenvalue weighted by Gasteiger charge is -2.24. The molecule has 1 aliphatic carbocycles. The van der Waals surface area contributed by atoms with Crippen molar-refractivity contribution < 1.29 is 27.8 Å². The van der Waals surface area contributed by atoms with Crippen molar-refractivity contribution in [3.8, 4) is 17.2 Å². The number of alkyl halides is 2. The van der Waals surface area contributed by atoms with Crippen LogP contribution in [-0.4, -0.2) is 44.9 Å². The Hall–Kier alpha value is -2.78. The molecule has 0 unspecified atom stereocenters. The van der Waals surface area contributed by atoms with Gasteiger partial charge < -0.3 is 30.2 Å². The molecule has 0 aromatic heterocycles. The molecular weight excluding hydrogens is 398 g/mol. The highest BCUT2D eigenvalue weighted by atomic mass is 19.3. The van der Waals surface area contributed by atoms with Gasteiger partial charge in [-0.15, -0.1) is 0 Å². The van der Waals surface area contributed by atoms with Crippen LogP contribution in [0.4, 0.5) is 8.78 Å². The Morgan fingerprint density at radius 2 is 1.93 bits per heavy atom. The molecule has 1 heterocycles. The lowest BCUT2D eigenvalue weighted by atomic mass is 9.85. The molecule has 0 saturated heterocycles. The molecule has 3 N–H and O–H groups in total. The molecule has 0 atom stereocenters. The summed E-state index contributed by atoms with van der Waals surface area (Å²) in [7, 11) is 0. The van der Waals surface area contributed by atoms with E-state index in [4.69, 9.17) is 9.47 Å². The molecule has 10 heteroatoms. The zero-order valence-electron chi connectivity index (χ0n) is 17.0. The number of hydrogen-bond donors (Lipinski definition) is 3. The van der Waals surface area contributed by atoms with Crippen LogP contribution in [0.1, 0.15) is 38.2 Å². The van der Waals surface area contributed by atoms with Gasteiger partial charge in [-0.1, -0.05) is 6.42 Å². The van der Waals surface area contributed by atoms with Crippen molar-refractivity contribution in [2.75, 3.05) is 26.4 Å². The van der Waals surface area contributed by atoms with Gasteiger partial charge in [0, 0.05) is 37.2 Å². The van der Waals surface area contributed by atoms with Crippen molar-refractivity contribution in [3.63, 3.8) is 0 Å². The van der Waals surface area contributed by atoms with Gasteiger partial charge >= 0.3 is 6.61 Å². The van der Waals surface area contributed by atoms with Crippen molar-refractivity contribution in [2.24, 2.45) is 10.9 Å². The first-order chi connectivity index (χ1) is 14.6. The zero-order valence-corrected chi connectivity index (χ0v) is 17.0. The number of aliphatic imine (C=N–C) groups is 1. The number of hydrogen-bond acceptors (Lipinski definition) is 5. The minimum Gasteiger partial charge on any atom is -0.454 e. The number of amides is 1. The Balaban J connectivity index is 1.52. The number of nitrogens with zero attached hydrogens (tertiary/aromatic N) is 1. The SMILES string of the molecule is CCNC(=NCc1cc2c(cc1OC(F)F)OCO2)NCCCNC(=O)C1CCC1. The molecule has 166 valence electrons. The van der Waals surface area contributed by atoms with Crippen molar-refractivity contribution in [3.05, 3.63) is 17.7 Å². The van der Waals surface area contributed by atoms with E-state index in [2.05, 4.69) is 25.7 Å². The van der Waals surface area contributed by atoms with Gasteiger partial charge in [-0.2, -0.15) is 8.78 Å². The van der Waals surface area contributed by atoms with Crippen molar-refractivity contribution in [2.45, 2.75) is 45.8 Å². The molecule has 0 radical (unpaired) electrons. The van der Waals surface area contributed by atoms with Gasteiger partial charge in [-0.25, -0.2) is 4.99 Å². The standard InChI is InChI=1S/C20H28F2N4O4/c1-2-23-20(25-8-4-7-24-18(27)13-5-3-6-13)26-11-14-9-16-17(29-12-28-16)10-15(14)30-19(21)22/h9-10,13,19H,2-8,11-12H2,1H3,(H,24,27)(H2,23,25,26). The molecule has 1 fully saturated rings. The van der Waals surface area contributed by atoms with Gasteiger partial charge in [0.05, 0.1) is 6.54 Å². The first kappa shape index (κ1) is 21.9. The van der Waals surface area contributed by atoms with Crippen LogP contribution in [0.25, 0.3) is 0 Å². The molecular formula is C20H28F2N4O4. The summed E-state index contributed by atoms with van der Waals surface area (Å²) < 4.78 is 40.7. The average molecular weight is 426 g/mol. The molecule has 1 aromatic rings. The van der Waals surface area contributed by atoms with E-state index in [9.17, 15) is 13.6 Å². The van der Waals surface area contributed by atoms with Crippen LogP contribution in [-0.2, 0) is 11.3 Å². The third kappa shape index (κ3) is 6.11. The predicted octanol–water partition coefficient (Wildman–Crippen LogP) is 2.38. The van der Waals surface area contributed by atoms with Crippen LogP contribution in [0, 0.1) is 5.92 Å². The first-order valence-electron chi connectivity index (χ1n) is 10.2. The first-order valence-corrected chi connectivity index (χ1v) is 10.2. The highest BCUT2D eigenvalue weighted by molar-refractivity contribution is 5.80. The molecule has 8 nitrogen and oxygen atoms in total. The Morgan fingerprint density at radius 1 is 1.20 bits per heavy atom. The Labute approximate surface area is 174 Å². The highest BCUT2D eigenvalue weighted by Crippen LogP contribution is 2.39. The van der Waals surface area contributed by atoms with Gasteiger partial charge in [0.15, 0.2) is 17.5 Å². The molecule has 3 rings (SSSR count). The maximum Gasteiger partial charge on any atom is 0.387 e. The van der Waals surface area contributed by atoms with Crippen LogP contribution in [0.3, 0.4) is 0 Å². The van der Waals surface area contributed by atoms with E-state index < -0.39 is 6.61 Å². The number of ether oxygens (including phenoxy) is 3. The number of nitrogens with one attached hydrogen (secondary N) is 3. The molecule has 0 spiro atoms. The molecule has 30 heavy (non-hydrogen) atoms. The predicted molar refractivity (Wildman–Crippen MR) is 107 cm³/mol. The smallest absolute Gasteiger partial charge is 0.387 e. The molecule has 2 aliphatic rings. The van der Waals surface area contributed by atoms with Crippen LogP contribution >= 0.6 is 0 Å². The quantitative estimate of drug-likeness (QED) is 0.302. The fraction of sp³-hybridized carbons (Fsp3) is 0.600. The minimum atomic E-state index is -2.95. The zero-order chi connectivity index (χ0) is 21.3. The second kappa shape index (κ2) is 10.8. The van der Waals surface area contributed by atoms with Crippen LogP contribution in [0.15, 0.2) is 17.1 Å². The van der Waals surface area contributed by atoms with Crippen LogP contribution in [0.2, 0.25) is 0 Å². The van der Waals surface area contributed by atoms with Gasteiger partial charge in [-0.05, 0) is 32.3 Å². The molecule has 1 saturated carbocycles. The van der Waals surface area contributed by atoms with E-state index in [1.165, 1.54) is 6.07 Å². The van der Waals surface area contributed by atoms with E-state index in [-0.39, 0.29) is 30.9 Å². The van der Waals surface area contributed by atoms with Crippen molar-refractivity contribution >= 4 is 11.9 Å². The fourth-order valence-corrected chi connectivity index (χ4v) is 3.12. The molecule has 1 aliphatic heterocycles. The second-order valence-corrected chi connectivity index (χ2v) is 7.09. The monoisotopic (exact) mass is 426 g/mol. The van der Waals surface area contributed by atoms with E-state index in [1.54, 1.807) is 6.07 Å². The highest BCUT2D eigenvalue weighted by Gasteiger charge is 2.24. The number of guanidine groups is 1. The van der Waals surface area contributed by atoms with Crippen molar-refractivity contribution in [1.82, 2.24) is 16.0 Å². The summed E-state index contributed by atoms with van der Waals surface area (Å²) in [6.07, 6.45) is 3.85. The Bertz CT molecular complexity index is 757. The molecule has 1 amide bonds. The molecule has 1 aromatic carbocycles. The fourth-order valence-electron chi connectivity index (χ4n) is 3.12. The third-order valence-corrected chi connectivity index (χ3v) is 4.94. The van der Waals surface area contributed by atoms with Gasteiger partial charge in [0.25, 0.3) is 0 Å². The van der Waals surface area contributed by atoms with E-state index in [0.29, 0.717) is 42.7 Å². The minimum absolute atomic E-state index is 0.00700. The Kier molecular flexibility index (Phi) is 7.92. The maximum atomic E-state index is 12.8. The van der Waals surface area contributed by atoms with Crippen LogP contribution in [0.5, 0.6) is 17.2 Å². The van der Waals surface area contributed by atoms with E-state index >= 15 is 0 Å². The number of rotatable bonds is 10. The van der Waals surface area contributed by atoms with Gasteiger partial charge in [0.1, 0.15) is 5.75 Å². The lowest BCUT2D eigenvalue weighted by Crippen LogP contribution is -2.39.